The number of imidazole rings is 1. The Bertz CT molecular complexity index is 1180. The van der Waals surface area contributed by atoms with E-state index in [1.165, 1.54) is 0 Å². The summed E-state index contributed by atoms with van der Waals surface area (Å²) in [5.41, 5.74) is 5.07. The average molecular weight is 473 g/mol. The number of ether oxygens (including phenoxy) is 1. The van der Waals surface area contributed by atoms with Crippen molar-refractivity contribution < 1.29 is 9.53 Å². The van der Waals surface area contributed by atoms with Crippen molar-refractivity contribution in [3.05, 3.63) is 60.0 Å². The first kappa shape index (κ1) is 22.2. The second-order valence-electron chi connectivity index (χ2n) is 9.87. The molecule has 0 radical (unpaired) electrons. The number of piperidine rings is 1. The van der Waals surface area contributed by atoms with E-state index in [-0.39, 0.29) is 18.2 Å². The summed E-state index contributed by atoms with van der Waals surface area (Å²) in [4.78, 5) is 29.1. The van der Waals surface area contributed by atoms with E-state index in [4.69, 9.17) is 9.72 Å². The Hall–Kier alpha value is -3.23. The molecule has 0 spiro atoms. The fraction of sp³-hybridized carbons (Fsp3) is 0.444. The Morgan fingerprint density at radius 1 is 1.17 bits per heavy atom. The van der Waals surface area contributed by atoms with Gasteiger partial charge < -0.3 is 24.8 Å². The molecule has 0 aliphatic carbocycles. The van der Waals surface area contributed by atoms with Crippen LogP contribution >= 0.6 is 0 Å². The van der Waals surface area contributed by atoms with Gasteiger partial charge >= 0.3 is 0 Å². The highest BCUT2D eigenvalue weighted by Gasteiger charge is 2.36. The maximum atomic E-state index is 11.7. The van der Waals surface area contributed by atoms with E-state index in [1.807, 2.05) is 30.5 Å². The first-order valence-electron chi connectivity index (χ1n) is 12.6. The van der Waals surface area contributed by atoms with Gasteiger partial charge in [0.1, 0.15) is 0 Å². The largest absolute Gasteiger partial charge is 0.374 e. The number of carbonyl (C=O) groups is 1. The summed E-state index contributed by atoms with van der Waals surface area (Å²) in [6, 6.07) is 14.7. The molecular weight excluding hydrogens is 440 g/mol. The van der Waals surface area contributed by atoms with E-state index in [2.05, 4.69) is 45.3 Å². The molecule has 8 heteroatoms. The zero-order valence-electron chi connectivity index (χ0n) is 20.1. The third-order valence-electron chi connectivity index (χ3n) is 7.71. The van der Waals surface area contributed by atoms with Crippen LogP contribution in [-0.2, 0) is 16.0 Å². The topological polar surface area (TPSA) is 86.4 Å². The van der Waals surface area contributed by atoms with Crippen molar-refractivity contribution in [2.45, 2.75) is 44.4 Å². The molecule has 8 nitrogen and oxygen atoms in total. The third-order valence-corrected chi connectivity index (χ3v) is 7.71. The van der Waals surface area contributed by atoms with Gasteiger partial charge in [-0.15, -0.1) is 0 Å². The second kappa shape index (κ2) is 9.43. The Morgan fingerprint density at radius 3 is 2.91 bits per heavy atom. The number of para-hydroxylation sites is 1. The normalized spacial score (nSPS) is 26.5. The van der Waals surface area contributed by atoms with Crippen LogP contribution in [0.2, 0.25) is 0 Å². The summed E-state index contributed by atoms with van der Waals surface area (Å²) in [5.74, 6) is 1.37. The number of amides is 1. The highest BCUT2D eigenvalue weighted by molar-refractivity contribution is 5.88. The lowest BCUT2D eigenvalue weighted by Crippen LogP contribution is -2.52. The Morgan fingerprint density at radius 2 is 2.06 bits per heavy atom. The second-order valence-corrected chi connectivity index (χ2v) is 9.87. The van der Waals surface area contributed by atoms with Crippen LogP contribution in [0.1, 0.15) is 37.2 Å². The van der Waals surface area contributed by atoms with E-state index in [9.17, 15) is 4.79 Å². The predicted molar refractivity (Wildman–Crippen MR) is 135 cm³/mol. The van der Waals surface area contributed by atoms with Gasteiger partial charge in [-0.25, -0.2) is 4.98 Å². The van der Waals surface area contributed by atoms with Crippen molar-refractivity contribution in [3.8, 4) is 11.3 Å². The van der Waals surface area contributed by atoms with Crippen LogP contribution in [0.3, 0.4) is 0 Å². The average Bonchev–Trinajstić information content (AvgIpc) is 3.27. The molecule has 0 saturated carbocycles. The molecule has 2 N–H and O–H groups in total. The number of pyridine rings is 1. The fourth-order valence-electron chi connectivity index (χ4n) is 5.77. The number of nitrogens with one attached hydrogen (secondary N) is 2. The number of carbonyl (C=O) groups excluding carboxylic acids is 1. The third kappa shape index (κ3) is 4.21. The predicted octanol–water partition coefficient (Wildman–Crippen LogP) is 3.33. The zero-order valence-corrected chi connectivity index (χ0v) is 20.1. The van der Waals surface area contributed by atoms with E-state index in [1.54, 1.807) is 4.90 Å². The van der Waals surface area contributed by atoms with Crippen LogP contribution in [0, 0.1) is 5.92 Å². The van der Waals surface area contributed by atoms with Gasteiger partial charge in [-0.3, -0.25) is 9.78 Å². The number of anilines is 2. The summed E-state index contributed by atoms with van der Waals surface area (Å²) in [6.07, 6.45) is 5.80. The lowest BCUT2D eigenvalue weighted by molar-refractivity contribution is -0.107. The fourth-order valence-corrected chi connectivity index (χ4v) is 5.77. The van der Waals surface area contributed by atoms with E-state index in [0.29, 0.717) is 19.1 Å². The molecule has 35 heavy (non-hydrogen) atoms. The molecule has 3 aromatic rings. The first-order chi connectivity index (χ1) is 17.2. The summed E-state index contributed by atoms with van der Waals surface area (Å²) in [7, 11) is 0. The van der Waals surface area contributed by atoms with Crippen LogP contribution < -0.4 is 15.1 Å². The van der Waals surface area contributed by atoms with E-state index < -0.39 is 0 Å². The van der Waals surface area contributed by atoms with Crippen molar-refractivity contribution in [1.29, 1.82) is 0 Å². The van der Waals surface area contributed by atoms with Crippen LogP contribution in [-0.4, -0.2) is 59.7 Å². The van der Waals surface area contributed by atoms with E-state index in [0.717, 1.165) is 73.0 Å². The number of aromatic nitrogens is 3. The number of aromatic amines is 1. The van der Waals surface area contributed by atoms with Crippen LogP contribution in [0.25, 0.3) is 11.3 Å². The van der Waals surface area contributed by atoms with Crippen molar-refractivity contribution in [2.75, 3.05) is 36.0 Å². The Balaban J connectivity index is 1.24. The maximum absolute atomic E-state index is 11.7. The number of fused-ring (bicyclic) bond motifs is 3. The van der Waals surface area contributed by atoms with Gasteiger partial charge in [-0.2, -0.15) is 0 Å². The number of H-pyrrole nitrogens is 1. The number of hydrogen-bond acceptors (Lipinski definition) is 6. The summed E-state index contributed by atoms with van der Waals surface area (Å²) >= 11 is 0. The molecule has 2 aromatic heterocycles. The van der Waals surface area contributed by atoms with Crippen LogP contribution in [0.4, 0.5) is 11.6 Å². The molecule has 6 rings (SSSR count). The zero-order chi connectivity index (χ0) is 23.8. The number of morpholine rings is 1. The standard InChI is InChI=1S/C27H32N6O2/c1-18-16-35-25(19-9-12-29-23(14-19)21-7-4-5-11-28-21)15-33(18)27-30-22-10-13-32(17-34)24-8-3-2-6-20(24)26(22)31-27/h2-8,11,17-19,23,25,29H,9-10,12-16H2,1H3,(H,30,31). The van der Waals surface area contributed by atoms with Crippen molar-refractivity contribution in [2.24, 2.45) is 5.92 Å². The van der Waals surface area contributed by atoms with Crippen molar-refractivity contribution >= 4 is 18.0 Å². The molecule has 4 atom stereocenters. The van der Waals surface area contributed by atoms with E-state index >= 15 is 0 Å². The monoisotopic (exact) mass is 472 g/mol. The van der Waals surface area contributed by atoms with Gasteiger partial charge in [-0.05, 0) is 50.4 Å². The summed E-state index contributed by atoms with van der Waals surface area (Å²) in [5, 5.41) is 3.63. The number of benzene rings is 1. The summed E-state index contributed by atoms with van der Waals surface area (Å²) < 4.78 is 6.40. The molecular formula is C27H32N6O2. The van der Waals surface area contributed by atoms with Gasteiger partial charge in [-0.1, -0.05) is 24.3 Å². The van der Waals surface area contributed by atoms with Crippen LogP contribution in [0.5, 0.6) is 0 Å². The number of hydrogen-bond donors (Lipinski definition) is 2. The summed E-state index contributed by atoms with van der Waals surface area (Å²) in [6.45, 7) is 5.31. The van der Waals surface area contributed by atoms with Gasteiger partial charge in [0.05, 0.1) is 35.8 Å². The molecule has 2 saturated heterocycles. The molecule has 182 valence electrons. The minimum absolute atomic E-state index is 0.155. The molecule has 1 aromatic carbocycles. The molecule has 2 fully saturated rings. The van der Waals surface area contributed by atoms with Gasteiger partial charge in [0, 0.05) is 43.0 Å². The minimum Gasteiger partial charge on any atom is -0.374 e. The lowest BCUT2D eigenvalue weighted by Gasteiger charge is -2.43. The minimum atomic E-state index is 0.155. The molecule has 5 heterocycles. The highest BCUT2D eigenvalue weighted by Crippen LogP contribution is 2.37. The van der Waals surface area contributed by atoms with Crippen LogP contribution in [0.15, 0.2) is 48.7 Å². The Labute approximate surface area is 205 Å². The molecule has 4 unspecified atom stereocenters. The lowest BCUT2D eigenvalue weighted by atomic mass is 9.85. The molecule has 3 aliphatic rings. The molecule has 3 aliphatic heterocycles. The van der Waals surface area contributed by atoms with Gasteiger partial charge in [0.15, 0.2) is 0 Å². The smallest absolute Gasteiger partial charge is 0.214 e. The quantitative estimate of drug-likeness (QED) is 0.567. The van der Waals surface area contributed by atoms with Crippen molar-refractivity contribution in [1.82, 2.24) is 20.3 Å². The van der Waals surface area contributed by atoms with Gasteiger partial charge in [0.25, 0.3) is 0 Å². The Kier molecular flexibility index (Phi) is 6.00. The van der Waals surface area contributed by atoms with Crippen molar-refractivity contribution in [3.63, 3.8) is 0 Å². The number of nitrogens with zero attached hydrogens (tertiary/aromatic N) is 4. The molecule has 0 bridgehead atoms. The van der Waals surface area contributed by atoms with Gasteiger partial charge in [0.2, 0.25) is 12.4 Å². The maximum Gasteiger partial charge on any atom is 0.214 e. The highest BCUT2D eigenvalue weighted by atomic mass is 16.5. The first-order valence-corrected chi connectivity index (χ1v) is 12.6. The molecule has 1 amide bonds. The SMILES string of the molecule is CC1COC(C2CCNC(c3ccccn3)C2)CN1c1nc2c([nH]1)CCN(C=O)c1ccccc1-2. The number of rotatable bonds is 4.